The molecule has 4 atom stereocenters. The SMILES string of the molecule is CCC1OC2(C)OC(=N)C(C#N)(C2c2ccccc2OC)C1(C#N)C#N. The zero-order valence-electron chi connectivity index (χ0n) is 14.7. The van der Waals surface area contributed by atoms with Crippen molar-refractivity contribution in [3.63, 3.8) is 0 Å². The minimum Gasteiger partial charge on any atom is -0.496 e. The van der Waals surface area contributed by atoms with Gasteiger partial charge in [-0.05, 0) is 12.5 Å². The van der Waals surface area contributed by atoms with Crippen LogP contribution in [0.2, 0.25) is 0 Å². The van der Waals surface area contributed by atoms with Gasteiger partial charge < -0.3 is 14.2 Å². The van der Waals surface area contributed by atoms with E-state index in [-0.39, 0.29) is 0 Å². The van der Waals surface area contributed by atoms with E-state index in [0.29, 0.717) is 17.7 Å². The van der Waals surface area contributed by atoms with Crippen LogP contribution in [0.5, 0.6) is 5.75 Å². The van der Waals surface area contributed by atoms with E-state index in [9.17, 15) is 15.8 Å². The number of nitrogens with one attached hydrogen (secondary N) is 1. The summed E-state index contributed by atoms with van der Waals surface area (Å²) in [5.74, 6) is -2.17. The number of methoxy groups -OCH3 is 1. The third-order valence-corrected chi connectivity index (χ3v) is 5.45. The molecule has 2 saturated heterocycles. The number of para-hydroxylation sites is 1. The maximum absolute atomic E-state index is 10.2. The highest BCUT2D eigenvalue weighted by Gasteiger charge is 2.79. The maximum atomic E-state index is 10.2. The average Bonchev–Trinajstić information content (AvgIpc) is 2.84. The van der Waals surface area contributed by atoms with Crippen LogP contribution in [-0.2, 0) is 9.47 Å². The molecular weight excluding hydrogens is 332 g/mol. The average molecular weight is 350 g/mol. The van der Waals surface area contributed by atoms with E-state index in [0.717, 1.165) is 0 Å². The molecular formula is C19H18N4O3. The number of fused-ring (bicyclic) bond motifs is 2. The molecule has 7 nitrogen and oxygen atoms in total. The Morgan fingerprint density at radius 3 is 2.38 bits per heavy atom. The Morgan fingerprint density at radius 1 is 1.19 bits per heavy atom. The Kier molecular flexibility index (Phi) is 3.91. The largest absolute Gasteiger partial charge is 0.496 e. The van der Waals surface area contributed by atoms with Crippen molar-refractivity contribution in [3.05, 3.63) is 29.8 Å². The fraction of sp³-hybridized carbons (Fsp3) is 0.474. The van der Waals surface area contributed by atoms with Crippen molar-refractivity contribution >= 4 is 5.90 Å². The smallest absolute Gasteiger partial charge is 0.218 e. The first-order chi connectivity index (χ1) is 12.4. The highest BCUT2D eigenvalue weighted by atomic mass is 16.7. The second-order valence-electron chi connectivity index (χ2n) is 6.59. The molecule has 2 aliphatic heterocycles. The van der Waals surface area contributed by atoms with Crippen molar-refractivity contribution in [2.75, 3.05) is 7.11 Å². The fourth-order valence-electron chi connectivity index (χ4n) is 4.35. The number of nitriles is 3. The van der Waals surface area contributed by atoms with E-state index < -0.39 is 34.5 Å². The third-order valence-electron chi connectivity index (χ3n) is 5.45. The van der Waals surface area contributed by atoms with Gasteiger partial charge in [0.05, 0.1) is 37.3 Å². The van der Waals surface area contributed by atoms with Gasteiger partial charge in [0.2, 0.25) is 11.7 Å². The minimum absolute atomic E-state index is 0.329. The minimum atomic E-state index is -1.88. The molecule has 1 aromatic rings. The van der Waals surface area contributed by atoms with Crippen molar-refractivity contribution in [1.29, 1.82) is 21.2 Å². The molecule has 0 aliphatic carbocycles. The van der Waals surface area contributed by atoms with E-state index in [2.05, 4.69) is 6.07 Å². The summed E-state index contributed by atoms with van der Waals surface area (Å²) in [6.07, 6.45) is -0.536. The molecule has 4 unspecified atom stereocenters. The molecule has 0 spiro atoms. The molecule has 132 valence electrons. The first kappa shape index (κ1) is 17.7. The second-order valence-corrected chi connectivity index (χ2v) is 6.59. The van der Waals surface area contributed by atoms with Crippen molar-refractivity contribution < 1.29 is 14.2 Å². The summed E-state index contributed by atoms with van der Waals surface area (Å²) >= 11 is 0. The van der Waals surface area contributed by atoms with Gasteiger partial charge in [-0.2, -0.15) is 15.8 Å². The third kappa shape index (κ3) is 1.80. The van der Waals surface area contributed by atoms with Crippen LogP contribution in [0.15, 0.2) is 24.3 Å². The molecule has 2 aliphatic rings. The Hall–Kier alpha value is -3.08. The van der Waals surface area contributed by atoms with Gasteiger partial charge in [-0.15, -0.1) is 0 Å². The number of nitrogens with zero attached hydrogens (tertiary/aromatic N) is 3. The summed E-state index contributed by atoms with van der Waals surface area (Å²) in [5.41, 5.74) is -3.13. The van der Waals surface area contributed by atoms with Gasteiger partial charge in [0.1, 0.15) is 5.75 Å². The number of benzene rings is 1. The van der Waals surface area contributed by atoms with Gasteiger partial charge in [-0.1, -0.05) is 25.1 Å². The summed E-state index contributed by atoms with van der Waals surface area (Å²) in [6, 6.07) is 13.1. The van der Waals surface area contributed by atoms with Crippen LogP contribution in [-0.4, -0.2) is 24.9 Å². The van der Waals surface area contributed by atoms with Gasteiger partial charge in [0.15, 0.2) is 10.8 Å². The van der Waals surface area contributed by atoms with Crippen LogP contribution in [0.4, 0.5) is 0 Å². The van der Waals surface area contributed by atoms with Crippen LogP contribution >= 0.6 is 0 Å². The summed E-state index contributed by atoms with van der Waals surface area (Å²) in [5, 5.41) is 38.5. The van der Waals surface area contributed by atoms with Crippen LogP contribution in [0.3, 0.4) is 0 Å². The highest BCUT2D eigenvalue weighted by Crippen LogP contribution is 2.67. The lowest BCUT2D eigenvalue weighted by Crippen LogP contribution is -2.60. The molecule has 7 heteroatoms. The van der Waals surface area contributed by atoms with Gasteiger partial charge >= 0.3 is 0 Å². The number of hydrogen-bond donors (Lipinski definition) is 1. The summed E-state index contributed by atoms with van der Waals surface area (Å²) in [7, 11) is 1.49. The maximum Gasteiger partial charge on any atom is 0.218 e. The van der Waals surface area contributed by atoms with Crippen LogP contribution in [0.1, 0.15) is 31.7 Å². The number of hydrogen-bond acceptors (Lipinski definition) is 7. The molecule has 2 heterocycles. The highest BCUT2D eigenvalue weighted by molar-refractivity contribution is 5.90. The van der Waals surface area contributed by atoms with Gasteiger partial charge in [0.25, 0.3) is 0 Å². The summed E-state index contributed by atoms with van der Waals surface area (Å²) < 4.78 is 17.2. The Bertz CT molecular complexity index is 879. The molecule has 0 amide bonds. The first-order valence-electron chi connectivity index (χ1n) is 8.23. The Labute approximate surface area is 151 Å². The predicted molar refractivity (Wildman–Crippen MR) is 89.8 cm³/mol. The Morgan fingerprint density at radius 2 is 1.85 bits per heavy atom. The first-order valence-corrected chi connectivity index (χ1v) is 8.23. The van der Waals surface area contributed by atoms with E-state index >= 15 is 0 Å². The van der Waals surface area contributed by atoms with Crippen molar-refractivity contribution in [1.82, 2.24) is 0 Å². The molecule has 26 heavy (non-hydrogen) atoms. The molecule has 0 radical (unpaired) electrons. The van der Waals surface area contributed by atoms with E-state index in [4.69, 9.17) is 19.6 Å². The van der Waals surface area contributed by atoms with Crippen LogP contribution < -0.4 is 4.74 Å². The normalized spacial score (nSPS) is 34.1. The molecule has 0 saturated carbocycles. The molecule has 3 rings (SSSR count). The standard InChI is InChI=1S/C19H18N4O3/c1-4-14-18(9-20,10-21)19(11-22)15(17(2,25-14)26-16(19)23)12-7-5-6-8-13(12)24-3/h5-8,14-15,23H,4H2,1-3H3. The summed E-state index contributed by atoms with van der Waals surface area (Å²) in [6.45, 7) is 3.41. The molecule has 1 aromatic carbocycles. The lowest BCUT2D eigenvalue weighted by molar-refractivity contribution is -0.250. The van der Waals surface area contributed by atoms with Crippen molar-refractivity contribution in [2.45, 2.75) is 38.1 Å². The molecule has 0 aromatic heterocycles. The van der Waals surface area contributed by atoms with E-state index in [1.54, 1.807) is 38.1 Å². The number of ether oxygens (including phenoxy) is 3. The lowest BCUT2D eigenvalue weighted by Gasteiger charge is -2.48. The molecule has 1 N–H and O–H groups in total. The zero-order valence-corrected chi connectivity index (χ0v) is 14.7. The molecule has 2 bridgehead atoms. The zero-order chi connectivity index (χ0) is 19.2. The van der Waals surface area contributed by atoms with Crippen LogP contribution in [0.25, 0.3) is 0 Å². The van der Waals surface area contributed by atoms with Gasteiger partial charge in [0, 0.05) is 12.5 Å². The predicted octanol–water partition coefficient (Wildman–Crippen LogP) is 2.85. The summed E-state index contributed by atoms with van der Waals surface area (Å²) in [4.78, 5) is 0. The van der Waals surface area contributed by atoms with Crippen molar-refractivity contribution in [3.8, 4) is 24.0 Å². The molecule has 2 fully saturated rings. The lowest BCUT2D eigenvalue weighted by atomic mass is 9.52. The monoisotopic (exact) mass is 350 g/mol. The van der Waals surface area contributed by atoms with E-state index in [1.807, 2.05) is 12.1 Å². The fourth-order valence-corrected chi connectivity index (χ4v) is 4.35. The van der Waals surface area contributed by atoms with Gasteiger partial charge in [-0.25, -0.2) is 0 Å². The topological polar surface area (TPSA) is 123 Å². The van der Waals surface area contributed by atoms with E-state index in [1.165, 1.54) is 7.11 Å². The number of rotatable bonds is 3. The Balaban J connectivity index is 2.40. The second kappa shape index (κ2) is 5.73. The quantitative estimate of drug-likeness (QED) is 0.894. The van der Waals surface area contributed by atoms with Crippen molar-refractivity contribution in [2.24, 2.45) is 10.8 Å². The van der Waals surface area contributed by atoms with Crippen LogP contribution in [0, 0.1) is 50.2 Å². The van der Waals surface area contributed by atoms with Gasteiger partial charge in [-0.3, -0.25) is 5.41 Å².